The SMILES string of the molecule is C[C@@H](C(=O)Nc1ccc2c(c1)CCC2)N1C(=O)c2ccccc2C1=O. The van der Waals surface area contributed by atoms with E-state index in [1.807, 2.05) is 18.2 Å². The maximum absolute atomic E-state index is 12.6. The summed E-state index contributed by atoms with van der Waals surface area (Å²) in [7, 11) is 0. The Labute approximate surface area is 145 Å². The van der Waals surface area contributed by atoms with E-state index in [4.69, 9.17) is 0 Å². The van der Waals surface area contributed by atoms with E-state index >= 15 is 0 Å². The fraction of sp³-hybridized carbons (Fsp3) is 0.250. The molecule has 0 saturated carbocycles. The number of hydrogen-bond donors (Lipinski definition) is 1. The molecule has 2 aliphatic rings. The minimum Gasteiger partial charge on any atom is -0.324 e. The van der Waals surface area contributed by atoms with Gasteiger partial charge in [0.15, 0.2) is 0 Å². The first-order valence-electron chi connectivity index (χ1n) is 8.46. The van der Waals surface area contributed by atoms with Crippen molar-refractivity contribution in [1.29, 1.82) is 0 Å². The van der Waals surface area contributed by atoms with Crippen molar-refractivity contribution in [3.8, 4) is 0 Å². The highest BCUT2D eigenvalue weighted by molar-refractivity contribution is 6.23. The lowest BCUT2D eigenvalue weighted by Crippen LogP contribution is -2.45. The van der Waals surface area contributed by atoms with Gasteiger partial charge in [0.2, 0.25) is 5.91 Å². The molecule has 1 N–H and O–H groups in total. The van der Waals surface area contributed by atoms with Gasteiger partial charge in [-0.05, 0) is 61.6 Å². The second-order valence-corrected chi connectivity index (χ2v) is 6.53. The molecule has 2 aromatic carbocycles. The molecule has 5 nitrogen and oxygen atoms in total. The van der Waals surface area contributed by atoms with Crippen LogP contribution < -0.4 is 5.32 Å². The minimum atomic E-state index is -0.874. The summed E-state index contributed by atoms with van der Waals surface area (Å²) in [4.78, 5) is 38.6. The standard InChI is InChI=1S/C20H18N2O3/c1-12(22-19(24)16-7-2-3-8-17(16)20(22)25)18(23)21-15-10-9-13-5-4-6-14(13)11-15/h2-3,7-12H,4-6H2,1H3,(H,21,23)/t12-/m0/s1. The smallest absolute Gasteiger partial charge is 0.262 e. The average Bonchev–Trinajstić information content (AvgIpc) is 3.18. The average molecular weight is 334 g/mol. The van der Waals surface area contributed by atoms with Crippen molar-refractivity contribution in [3.63, 3.8) is 0 Å². The van der Waals surface area contributed by atoms with E-state index in [0.29, 0.717) is 16.8 Å². The van der Waals surface area contributed by atoms with Gasteiger partial charge in [0, 0.05) is 5.69 Å². The molecule has 0 spiro atoms. The van der Waals surface area contributed by atoms with Crippen LogP contribution in [0, 0.1) is 0 Å². The summed E-state index contributed by atoms with van der Waals surface area (Å²) in [6.45, 7) is 1.57. The number of rotatable bonds is 3. The Kier molecular flexibility index (Phi) is 3.64. The first-order chi connectivity index (χ1) is 12.1. The summed E-state index contributed by atoms with van der Waals surface area (Å²) >= 11 is 0. The molecule has 2 aromatic rings. The van der Waals surface area contributed by atoms with Gasteiger partial charge in [0.05, 0.1) is 11.1 Å². The summed E-state index contributed by atoms with van der Waals surface area (Å²) in [6.07, 6.45) is 3.24. The summed E-state index contributed by atoms with van der Waals surface area (Å²) < 4.78 is 0. The van der Waals surface area contributed by atoms with Crippen LogP contribution in [0.25, 0.3) is 0 Å². The van der Waals surface area contributed by atoms with Crippen molar-refractivity contribution in [3.05, 3.63) is 64.7 Å². The molecule has 1 atom stereocenters. The summed E-state index contributed by atoms with van der Waals surface area (Å²) in [5.41, 5.74) is 3.99. The third-order valence-corrected chi connectivity index (χ3v) is 4.96. The van der Waals surface area contributed by atoms with Gasteiger partial charge < -0.3 is 5.32 Å². The van der Waals surface area contributed by atoms with E-state index < -0.39 is 17.9 Å². The molecule has 25 heavy (non-hydrogen) atoms. The van der Waals surface area contributed by atoms with Gasteiger partial charge in [0.25, 0.3) is 11.8 Å². The molecular weight excluding hydrogens is 316 g/mol. The van der Waals surface area contributed by atoms with E-state index in [1.54, 1.807) is 31.2 Å². The fourth-order valence-corrected chi connectivity index (χ4v) is 3.57. The number of benzene rings is 2. The lowest BCUT2D eigenvalue weighted by Gasteiger charge is -2.21. The second-order valence-electron chi connectivity index (χ2n) is 6.53. The number of carbonyl (C=O) groups is 3. The summed E-state index contributed by atoms with van der Waals surface area (Å²) in [5.74, 6) is -1.21. The van der Waals surface area contributed by atoms with Crippen LogP contribution in [0.15, 0.2) is 42.5 Å². The molecule has 5 heteroatoms. The molecule has 3 amide bonds. The lowest BCUT2D eigenvalue weighted by atomic mass is 10.1. The molecule has 0 saturated heterocycles. The van der Waals surface area contributed by atoms with E-state index in [0.717, 1.165) is 24.2 Å². The van der Waals surface area contributed by atoms with E-state index in [2.05, 4.69) is 5.32 Å². The predicted octanol–water partition coefficient (Wildman–Crippen LogP) is 2.80. The number of nitrogens with zero attached hydrogens (tertiary/aromatic N) is 1. The zero-order chi connectivity index (χ0) is 17.6. The van der Waals surface area contributed by atoms with Crippen LogP contribution in [-0.4, -0.2) is 28.7 Å². The molecular formula is C20H18N2O3. The van der Waals surface area contributed by atoms with Gasteiger partial charge in [-0.15, -0.1) is 0 Å². The monoisotopic (exact) mass is 334 g/mol. The van der Waals surface area contributed by atoms with Crippen LogP contribution in [-0.2, 0) is 17.6 Å². The topological polar surface area (TPSA) is 66.5 Å². The van der Waals surface area contributed by atoms with E-state index in [9.17, 15) is 14.4 Å². The third-order valence-electron chi connectivity index (χ3n) is 4.96. The maximum Gasteiger partial charge on any atom is 0.262 e. The predicted molar refractivity (Wildman–Crippen MR) is 93.5 cm³/mol. The molecule has 0 unspecified atom stereocenters. The summed E-state index contributed by atoms with van der Waals surface area (Å²) in [5, 5.41) is 2.83. The molecule has 126 valence electrons. The normalized spacial score (nSPS) is 16.6. The van der Waals surface area contributed by atoms with Crippen molar-refractivity contribution >= 4 is 23.4 Å². The van der Waals surface area contributed by atoms with Gasteiger partial charge in [-0.3, -0.25) is 19.3 Å². The molecule has 0 bridgehead atoms. The number of aryl methyl sites for hydroxylation is 2. The largest absolute Gasteiger partial charge is 0.324 e. The van der Waals surface area contributed by atoms with Gasteiger partial charge >= 0.3 is 0 Å². The maximum atomic E-state index is 12.6. The van der Waals surface area contributed by atoms with Crippen molar-refractivity contribution < 1.29 is 14.4 Å². The van der Waals surface area contributed by atoms with Crippen LogP contribution in [0.1, 0.15) is 45.2 Å². The molecule has 1 aliphatic heterocycles. The van der Waals surface area contributed by atoms with Crippen molar-refractivity contribution in [2.75, 3.05) is 5.32 Å². The van der Waals surface area contributed by atoms with Crippen LogP contribution in [0.4, 0.5) is 5.69 Å². The van der Waals surface area contributed by atoms with Crippen LogP contribution in [0.5, 0.6) is 0 Å². The van der Waals surface area contributed by atoms with E-state index in [-0.39, 0.29) is 5.91 Å². The Morgan fingerprint density at radius 3 is 2.32 bits per heavy atom. The van der Waals surface area contributed by atoms with Crippen LogP contribution in [0.2, 0.25) is 0 Å². The number of imide groups is 1. The highest BCUT2D eigenvalue weighted by Crippen LogP contribution is 2.27. The fourth-order valence-electron chi connectivity index (χ4n) is 3.57. The van der Waals surface area contributed by atoms with E-state index in [1.165, 1.54) is 11.1 Å². The van der Waals surface area contributed by atoms with Gasteiger partial charge in [-0.2, -0.15) is 0 Å². The molecule has 1 aliphatic carbocycles. The number of amides is 3. The Bertz CT molecular complexity index is 869. The molecule has 1 heterocycles. The number of fused-ring (bicyclic) bond motifs is 2. The number of anilines is 1. The summed E-state index contributed by atoms with van der Waals surface area (Å²) in [6, 6.07) is 11.7. The Balaban J connectivity index is 1.53. The number of hydrogen-bond acceptors (Lipinski definition) is 3. The van der Waals surface area contributed by atoms with Crippen molar-refractivity contribution in [1.82, 2.24) is 4.90 Å². The lowest BCUT2D eigenvalue weighted by molar-refractivity contribution is -0.119. The van der Waals surface area contributed by atoms with Crippen molar-refractivity contribution in [2.24, 2.45) is 0 Å². The highest BCUT2D eigenvalue weighted by atomic mass is 16.2. The van der Waals surface area contributed by atoms with Gasteiger partial charge in [0.1, 0.15) is 6.04 Å². The number of carbonyl (C=O) groups excluding carboxylic acids is 3. The van der Waals surface area contributed by atoms with Gasteiger partial charge in [-0.1, -0.05) is 18.2 Å². The minimum absolute atomic E-state index is 0.352. The number of nitrogens with one attached hydrogen (secondary N) is 1. The van der Waals surface area contributed by atoms with Crippen LogP contribution in [0.3, 0.4) is 0 Å². The van der Waals surface area contributed by atoms with Crippen LogP contribution >= 0.6 is 0 Å². The first-order valence-corrected chi connectivity index (χ1v) is 8.46. The molecule has 0 fully saturated rings. The molecule has 0 aromatic heterocycles. The second kappa shape index (κ2) is 5.84. The molecule has 4 rings (SSSR count). The molecule has 0 radical (unpaired) electrons. The van der Waals surface area contributed by atoms with Crippen molar-refractivity contribution in [2.45, 2.75) is 32.2 Å². The Morgan fingerprint density at radius 2 is 1.64 bits per heavy atom. The zero-order valence-electron chi connectivity index (χ0n) is 13.9. The highest BCUT2D eigenvalue weighted by Gasteiger charge is 2.40. The Morgan fingerprint density at radius 1 is 1.00 bits per heavy atom. The zero-order valence-corrected chi connectivity index (χ0v) is 13.9. The third kappa shape index (κ3) is 2.52. The first kappa shape index (κ1) is 15.6. The van der Waals surface area contributed by atoms with Gasteiger partial charge in [-0.25, -0.2) is 0 Å². The quantitative estimate of drug-likeness (QED) is 0.878. The Hall–Kier alpha value is -2.95.